The van der Waals surface area contributed by atoms with Gasteiger partial charge in [-0.2, -0.15) is 0 Å². The largest absolute Gasteiger partial charge is 0.480 e. The van der Waals surface area contributed by atoms with Crippen molar-refractivity contribution in [1.29, 1.82) is 0 Å². The highest BCUT2D eigenvalue weighted by atomic mass is 16.4. The van der Waals surface area contributed by atoms with E-state index in [4.69, 9.17) is 5.11 Å². The van der Waals surface area contributed by atoms with Gasteiger partial charge in [-0.05, 0) is 24.7 Å². The molecular weight excluding hydrogens is 220 g/mol. The third-order valence-corrected chi connectivity index (χ3v) is 3.47. The number of nitrogens with one attached hydrogen (secondary N) is 2. The fourth-order valence-corrected chi connectivity index (χ4v) is 2.07. The minimum atomic E-state index is -0.975. The van der Waals surface area contributed by atoms with E-state index in [0.717, 1.165) is 19.3 Å². The Morgan fingerprint density at radius 1 is 1.41 bits per heavy atom. The maximum atomic E-state index is 11.6. The van der Waals surface area contributed by atoms with Crippen molar-refractivity contribution in [2.24, 2.45) is 11.8 Å². The van der Waals surface area contributed by atoms with Gasteiger partial charge in [-0.15, -0.1) is 0 Å². The molecule has 3 N–H and O–H groups in total. The first kappa shape index (κ1) is 13.8. The van der Waals surface area contributed by atoms with Crippen LogP contribution >= 0.6 is 0 Å². The Kier molecular flexibility index (Phi) is 4.78. The van der Waals surface area contributed by atoms with Crippen molar-refractivity contribution in [3.05, 3.63) is 0 Å². The topological polar surface area (TPSA) is 78.4 Å². The lowest BCUT2D eigenvalue weighted by molar-refractivity contribution is -0.140. The van der Waals surface area contributed by atoms with Crippen LogP contribution in [-0.2, 0) is 4.79 Å². The van der Waals surface area contributed by atoms with Gasteiger partial charge in [-0.1, -0.05) is 27.2 Å². The molecule has 1 fully saturated rings. The van der Waals surface area contributed by atoms with Gasteiger partial charge in [0.25, 0.3) is 0 Å². The molecular formula is C12H22N2O3. The van der Waals surface area contributed by atoms with Gasteiger partial charge in [0, 0.05) is 6.04 Å². The van der Waals surface area contributed by atoms with Crippen LogP contribution < -0.4 is 10.6 Å². The van der Waals surface area contributed by atoms with Crippen molar-refractivity contribution in [1.82, 2.24) is 10.6 Å². The smallest absolute Gasteiger partial charge is 0.326 e. The molecule has 0 saturated heterocycles. The third kappa shape index (κ3) is 3.91. The first-order valence-electron chi connectivity index (χ1n) is 6.23. The number of urea groups is 1. The number of aliphatic carboxylic acids is 1. The fraction of sp³-hybridized carbons (Fsp3) is 0.833. The lowest BCUT2D eigenvalue weighted by Gasteiger charge is -2.33. The summed E-state index contributed by atoms with van der Waals surface area (Å²) in [5.41, 5.74) is 0. The first-order chi connectivity index (χ1) is 7.93. The van der Waals surface area contributed by atoms with Gasteiger partial charge in [-0.25, -0.2) is 9.59 Å². The molecule has 2 amide bonds. The zero-order valence-electron chi connectivity index (χ0n) is 10.7. The van der Waals surface area contributed by atoms with Crippen LogP contribution in [0.15, 0.2) is 0 Å². The summed E-state index contributed by atoms with van der Waals surface area (Å²) in [4.78, 5) is 22.6. The van der Waals surface area contributed by atoms with E-state index < -0.39 is 12.0 Å². The molecule has 0 heterocycles. The summed E-state index contributed by atoms with van der Waals surface area (Å²) in [5, 5.41) is 14.4. The molecule has 0 spiro atoms. The lowest BCUT2D eigenvalue weighted by Crippen LogP contribution is -2.53. The second-order valence-electron chi connectivity index (χ2n) is 5.09. The molecule has 0 aliphatic heterocycles. The Balaban J connectivity index is 2.38. The summed E-state index contributed by atoms with van der Waals surface area (Å²) in [7, 11) is 0. The predicted molar refractivity (Wildman–Crippen MR) is 64.7 cm³/mol. The van der Waals surface area contributed by atoms with E-state index in [9.17, 15) is 9.59 Å². The van der Waals surface area contributed by atoms with Gasteiger partial charge in [-0.3, -0.25) is 0 Å². The maximum Gasteiger partial charge on any atom is 0.326 e. The molecule has 0 aromatic rings. The molecule has 0 aromatic carbocycles. The Labute approximate surface area is 102 Å². The second kappa shape index (κ2) is 5.89. The molecule has 1 aliphatic carbocycles. The molecule has 0 bridgehead atoms. The number of hydrogen-bond acceptors (Lipinski definition) is 2. The standard InChI is InChI=1S/C12H22N2O3/c1-4-8(3)10(11(15)16)14-12(17)13-9-5-7(2)6-9/h7-10H,4-6H2,1-3H3,(H,15,16)(H2,13,14,17). The molecule has 1 rings (SSSR count). The molecule has 98 valence electrons. The Morgan fingerprint density at radius 3 is 2.41 bits per heavy atom. The lowest BCUT2D eigenvalue weighted by atomic mass is 9.82. The van der Waals surface area contributed by atoms with E-state index in [2.05, 4.69) is 17.6 Å². The second-order valence-corrected chi connectivity index (χ2v) is 5.09. The number of hydrogen-bond donors (Lipinski definition) is 3. The van der Waals surface area contributed by atoms with Crippen molar-refractivity contribution in [2.45, 2.75) is 52.1 Å². The Morgan fingerprint density at radius 2 is 2.00 bits per heavy atom. The van der Waals surface area contributed by atoms with E-state index in [1.54, 1.807) is 0 Å². The number of carboxylic acids is 1. The first-order valence-corrected chi connectivity index (χ1v) is 6.23. The van der Waals surface area contributed by atoms with Crippen LogP contribution in [0.25, 0.3) is 0 Å². The van der Waals surface area contributed by atoms with Gasteiger partial charge in [0.05, 0.1) is 0 Å². The van der Waals surface area contributed by atoms with E-state index >= 15 is 0 Å². The van der Waals surface area contributed by atoms with Crippen molar-refractivity contribution in [2.75, 3.05) is 0 Å². The Bertz CT molecular complexity index is 287. The van der Waals surface area contributed by atoms with Gasteiger partial charge in [0.15, 0.2) is 0 Å². The van der Waals surface area contributed by atoms with E-state index in [-0.39, 0.29) is 18.0 Å². The van der Waals surface area contributed by atoms with Crippen LogP contribution in [0.5, 0.6) is 0 Å². The van der Waals surface area contributed by atoms with E-state index in [1.807, 2.05) is 13.8 Å². The summed E-state index contributed by atoms with van der Waals surface area (Å²) in [6.07, 6.45) is 2.68. The predicted octanol–water partition coefficient (Wildman–Crippen LogP) is 1.58. The van der Waals surface area contributed by atoms with E-state index in [1.165, 1.54) is 0 Å². The number of amides is 2. The summed E-state index contributed by atoms with van der Waals surface area (Å²) < 4.78 is 0. The zero-order valence-corrected chi connectivity index (χ0v) is 10.7. The van der Waals surface area contributed by atoms with Crippen molar-refractivity contribution < 1.29 is 14.7 Å². The normalized spacial score (nSPS) is 26.5. The number of carbonyl (C=O) groups excluding carboxylic acids is 1. The van der Waals surface area contributed by atoms with Crippen molar-refractivity contribution in [3.8, 4) is 0 Å². The minimum absolute atomic E-state index is 0.0708. The van der Waals surface area contributed by atoms with Gasteiger partial charge in [0.1, 0.15) is 6.04 Å². The quantitative estimate of drug-likeness (QED) is 0.685. The number of carbonyl (C=O) groups is 2. The van der Waals surface area contributed by atoms with Gasteiger partial charge < -0.3 is 15.7 Å². The highest BCUT2D eigenvalue weighted by molar-refractivity contribution is 5.82. The minimum Gasteiger partial charge on any atom is -0.480 e. The summed E-state index contributed by atoms with van der Waals surface area (Å²) in [6, 6.07) is -0.969. The molecule has 1 aliphatic rings. The van der Waals surface area contributed by atoms with Crippen LogP contribution in [0, 0.1) is 11.8 Å². The summed E-state index contributed by atoms with van der Waals surface area (Å²) in [6.45, 7) is 5.87. The molecule has 5 nitrogen and oxygen atoms in total. The molecule has 17 heavy (non-hydrogen) atoms. The highest BCUT2D eigenvalue weighted by Crippen LogP contribution is 2.26. The maximum absolute atomic E-state index is 11.6. The van der Waals surface area contributed by atoms with Crippen LogP contribution in [-0.4, -0.2) is 29.2 Å². The molecule has 1 saturated carbocycles. The van der Waals surface area contributed by atoms with Crippen LogP contribution in [0.1, 0.15) is 40.0 Å². The van der Waals surface area contributed by atoms with Crippen molar-refractivity contribution >= 4 is 12.0 Å². The van der Waals surface area contributed by atoms with E-state index in [0.29, 0.717) is 5.92 Å². The molecule has 2 unspecified atom stereocenters. The Hall–Kier alpha value is -1.26. The number of carboxylic acid groups (broad SMARTS) is 1. The third-order valence-electron chi connectivity index (χ3n) is 3.47. The summed E-state index contributed by atoms with van der Waals surface area (Å²) >= 11 is 0. The van der Waals surface area contributed by atoms with Crippen LogP contribution in [0.4, 0.5) is 4.79 Å². The average molecular weight is 242 g/mol. The SMILES string of the molecule is CCC(C)C(NC(=O)NC1CC(C)C1)C(=O)O. The van der Waals surface area contributed by atoms with Crippen molar-refractivity contribution in [3.63, 3.8) is 0 Å². The van der Waals surface area contributed by atoms with Gasteiger partial charge in [0.2, 0.25) is 0 Å². The van der Waals surface area contributed by atoms with Gasteiger partial charge >= 0.3 is 12.0 Å². The molecule has 2 atom stereocenters. The zero-order chi connectivity index (χ0) is 13.0. The molecule has 0 radical (unpaired) electrons. The monoisotopic (exact) mass is 242 g/mol. The fourth-order valence-electron chi connectivity index (χ4n) is 2.07. The van der Waals surface area contributed by atoms with Crippen LogP contribution in [0.2, 0.25) is 0 Å². The molecule has 0 aromatic heterocycles. The van der Waals surface area contributed by atoms with Crippen LogP contribution in [0.3, 0.4) is 0 Å². The average Bonchev–Trinajstić information content (AvgIpc) is 2.22. The number of rotatable bonds is 5. The summed E-state index contributed by atoms with van der Waals surface area (Å²) in [5.74, 6) is -0.389. The molecule has 5 heteroatoms. The highest BCUT2D eigenvalue weighted by Gasteiger charge is 2.29.